The first kappa shape index (κ1) is 17.6. The van der Waals surface area contributed by atoms with Gasteiger partial charge in [-0.15, -0.1) is 21.5 Å². The lowest BCUT2D eigenvalue weighted by Crippen LogP contribution is -2.30. The molecule has 0 aliphatic carbocycles. The largest absolute Gasteiger partial charge is 0.354 e. The van der Waals surface area contributed by atoms with E-state index >= 15 is 0 Å². The highest BCUT2D eigenvalue weighted by atomic mass is 32.2. The van der Waals surface area contributed by atoms with Gasteiger partial charge in [0.15, 0.2) is 0 Å². The fourth-order valence-corrected chi connectivity index (χ4v) is 3.74. The minimum absolute atomic E-state index is 0.00376. The monoisotopic (exact) mass is 377 g/mol. The van der Waals surface area contributed by atoms with Crippen molar-refractivity contribution in [2.75, 3.05) is 12.3 Å². The lowest BCUT2D eigenvalue weighted by molar-refractivity contribution is -0.121. The number of hydrogen-bond acceptors (Lipinski definition) is 6. The zero-order chi connectivity index (χ0) is 17.5. The third-order valence-electron chi connectivity index (χ3n) is 3.23. The lowest BCUT2D eigenvalue weighted by atomic mass is 10.2. The molecule has 25 heavy (non-hydrogen) atoms. The highest BCUT2D eigenvalue weighted by Crippen LogP contribution is 2.16. The number of tetrazole rings is 1. The Kier molecular flexibility index (Phi) is 6.13. The van der Waals surface area contributed by atoms with Crippen molar-refractivity contribution in [1.29, 1.82) is 0 Å². The predicted molar refractivity (Wildman–Crippen MR) is 96.7 cm³/mol. The van der Waals surface area contributed by atoms with Crippen molar-refractivity contribution in [2.45, 2.75) is 12.3 Å². The first-order chi connectivity index (χ1) is 12.2. The molecule has 130 valence electrons. The summed E-state index contributed by atoms with van der Waals surface area (Å²) in [5.41, 5.74) is 0.651. The molecule has 3 rings (SSSR count). The fourth-order valence-electron chi connectivity index (χ4n) is 2.04. The van der Waals surface area contributed by atoms with Crippen LogP contribution in [0.2, 0.25) is 0 Å². The highest BCUT2D eigenvalue weighted by Gasteiger charge is 2.09. The summed E-state index contributed by atoms with van der Waals surface area (Å²) in [5.74, 6) is 1.67. The number of nitrogens with one attached hydrogen (secondary N) is 1. The zero-order valence-corrected chi connectivity index (χ0v) is 14.9. The number of halogens is 1. The first-order valence-electron chi connectivity index (χ1n) is 7.61. The van der Waals surface area contributed by atoms with Crippen LogP contribution in [-0.4, -0.2) is 38.4 Å². The van der Waals surface area contributed by atoms with Gasteiger partial charge in [0.1, 0.15) is 12.4 Å². The summed E-state index contributed by atoms with van der Waals surface area (Å²) in [4.78, 5) is 14.5. The van der Waals surface area contributed by atoms with Crippen LogP contribution < -0.4 is 5.32 Å². The van der Waals surface area contributed by atoms with E-state index in [9.17, 15) is 9.18 Å². The van der Waals surface area contributed by atoms with Gasteiger partial charge in [-0.25, -0.2) is 4.39 Å². The molecule has 0 saturated heterocycles. The maximum Gasteiger partial charge on any atom is 0.243 e. The summed E-state index contributed by atoms with van der Waals surface area (Å²) in [6, 6.07) is 9.94. The molecule has 1 N–H and O–H groups in total. The Morgan fingerprint density at radius 3 is 2.88 bits per heavy atom. The molecule has 2 heterocycles. The maximum absolute atomic E-state index is 12.9. The Balaban J connectivity index is 1.40. The molecule has 0 atom stereocenters. The summed E-state index contributed by atoms with van der Waals surface area (Å²) < 4.78 is 12.9. The second-order valence-electron chi connectivity index (χ2n) is 5.13. The summed E-state index contributed by atoms with van der Waals surface area (Å²) >= 11 is 3.51. The average Bonchev–Trinajstić information content (AvgIpc) is 3.27. The molecule has 0 aliphatic heterocycles. The highest BCUT2D eigenvalue weighted by molar-refractivity contribution is 7.98. The number of aromatic nitrogens is 4. The standard InChI is InChI=1S/C16H16FN5OS2/c17-13-5-3-12(4-6-13)16-19-21-22(20-16)10-15(23)18-7-9-24-11-14-2-1-8-25-14/h1-6,8H,7,9-11H2,(H,18,23). The van der Waals surface area contributed by atoms with E-state index in [4.69, 9.17) is 0 Å². The Hall–Kier alpha value is -2.26. The molecule has 0 unspecified atom stereocenters. The number of rotatable bonds is 8. The topological polar surface area (TPSA) is 72.7 Å². The number of carbonyl (C=O) groups is 1. The van der Waals surface area contributed by atoms with Crippen LogP contribution in [0.1, 0.15) is 4.88 Å². The number of thiophene rings is 1. The van der Waals surface area contributed by atoms with E-state index in [1.807, 2.05) is 6.07 Å². The number of carbonyl (C=O) groups excluding carboxylic acids is 1. The van der Waals surface area contributed by atoms with Crippen LogP contribution in [0.5, 0.6) is 0 Å². The number of benzene rings is 1. The van der Waals surface area contributed by atoms with Crippen LogP contribution in [0, 0.1) is 5.82 Å². The number of nitrogens with zero attached hydrogens (tertiary/aromatic N) is 4. The minimum Gasteiger partial charge on any atom is -0.354 e. The van der Waals surface area contributed by atoms with Gasteiger partial charge in [-0.05, 0) is 40.9 Å². The van der Waals surface area contributed by atoms with E-state index in [1.54, 1.807) is 35.2 Å². The van der Waals surface area contributed by atoms with Gasteiger partial charge in [-0.2, -0.15) is 16.6 Å². The molecule has 0 fully saturated rings. The van der Waals surface area contributed by atoms with Gasteiger partial charge >= 0.3 is 0 Å². The quantitative estimate of drug-likeness (QED) is 0.611. The third kappa shape index (κ3) is 5.36. The van der Waals surface area contributed by atoms with E-state index in [1.165, 1.54) is 21.8 Å². The Morgan fingerprint density at radius 1 is 1.28 bits per heavy atom. The van der Waals surface area contributed by atoms with Gasteiger partial charge in [0.2, 0.25) is 11.7 Å². The first-order valence-corrected chi connectivity index (χ1v) is 9.65. The van der Waals surface area contributed by atoms with Crippen molar-refractivity contribution in [3.05, 3.63) is 52.5 Å². The molecule has 2 aromatic heterocycles. The van der Waals surface area contributed by atoms with E-state index in [0.29, 0.717) is 17.9 Å². The van der Waals surface area contributed by atoms with Crippen LogP contribution in [0.3, 0.4) is 0 Å². The second-order valence-corrected chi connectivity index (χ2v) is 7.27. The maximum atomic E-state index is 12.9. The summed E-state index contributed by atoms with van der Waals surface area (Å²) in [5, 5.41) is 16.8. The van der Waals surface area contributed by atoms with E-state index in [-0.39, 0.29) is 18.3 Å². The van der Waals surface area contributed by atoms with Gasteiger partial charge in [0.05, 0.1) is 0 Å². The number of amides is 1. The summed E-state index contributed by atoms with van der Waals surface area (Å²) in [6.45, 7) is 0.595. The van der Waals surface area contributed by atoms with Crippen LogP contribution in [0.25, 0.3) is 11.4 Å². The molecule has 0 spiro atoms. The Morgan fingerprint density at radius 2 is 2.12 bits per heavy atom. The molecule has 0 radical (unpaired) electrons. The van der Waals surface area contributed by atoms with E-state index in [0.717, 1.165) is 11.5 Å². The normalized spacial score (nSPS) is 10.8. The molecule has 6 nitrogen and oxygen atoms in total. The third-order valence-corrected chi connectivity index (χ3v) is 5.30. The molecule has 1 aromatic carbocycles. The molecule has 1 amide bonds. The Bertz CT molecular complexity index is 804. The second kappa shape index (κ2) is 8.72. The summed E-state index contributed by atoms with van der Waals surface area (Å²) in [7, 11) is 0. The van der Waals surface area contributed by atoms with Gasteiger partial charge < -0.3 is 5.32 Å². The molecular weight excluding hydrogens is 361 g/mol. The molecular formula is C16H16FN5OS2. The van der Waals surface area contributed by atoms with Crippen LogP contribution in [-0.2, 0) is 17.1 Å². The zero-order valence-electron chi connectivity index (χ0n) is 13.3. The number of thioether (sulfide) groups is 1. The van der Waals surface area contributed by atoms with Gasteiger partial charge in [0.25, 0.3) is 0 Å². The predicted octanol–water partition coefficient (Wildman–Crippen LogP) is 2.59. The number of hydrogen-bond donors (Lipinski definition) is 1. The van der Waals surface area contributed by atoms with Crippen molar-refractivity contribution in [3.8, 4) is 11.4 Å². The average molecular weight is 377 g/mol. The van der Waals surface area contributed by atoms with Crippen molar-refractivity contribution in [2.24, 2.45) is 0 Å². The van der Waals surface area contributed by atoms with Gasteiger partial charge in [-0.1, -0.05) is 6.07 Å². The Labute approximate surface area is 152 Å². The summed E-state index contributed by atoms with van der Waals surface area (Å²) in [6.07, 6.45) is 0. The van der Waals surface area contributed by atoms with Crippen molar-refractivity contribution >= 4 is 29.0 Å². The van der Waals surface area contributed by atoms with Crippen LogP contribution in [0.4, 0.5) is 4.39 Å². The minimum atomic E-state index is -0.326. The van der Waals surface area contributed by atoms with Crippen LogP contribution in [0.15, 0.2) is 41.8 Å². The van der Waals surface area contributed by atoms with Gasteiger partial charge in [0, 0.05) is 28.5 Å². The van der Waals surface area contributed by atoms with Crippen LogP contribution >= 0.6 is 23.1 Å². The molecule has 0 saturated carbocycles. The van der Waals surface area contributed by atoms with E-state index < -0.39 is 0 Å². The SMILES string of the molecule is O=C(Cn1nnc(-c2ccc(F)cc2)n1)NCCSCc1cccs1. The fraction of sp³-hybridized carbons (Fsp3) is 0.250. The van der Waals surface area contributed by atoms with Crippen molar-refractivity contribution in [3.63, 3.8) is 0 Å². The smallest absolute Gasteiger partial charge is 0.243 e. The molecule has 0 bridgehead atoms. The molecule has 9 heteroatoms. The van der Waals surface area contributed by atoms with E-state index in [2.05, 4.69) is 32.2 Å². The van der Waals surface area contributed by atoms with Crippen molar-refractivity contribution < 1.29 is 9.18 Å². The molecule has 3 aromatic rings. The van der Waals surface area contributed by atoms with Gasteiger partial charge in [-0.3, -0.25) is 4.79 Å². The lowest BCUT2D eigenvalue weighted by Gasteiger charge is -2.04. The van der Waals surface area contributed by atoms with Crippen molar-refractivity contribution in [1.82, 2.24) is 25.5 Å². The molecule has 0 aliphatic rings.